The van der Waals surface area contributed by atoms with Crippen molar-refractivity contribution in [1.29, 1.82) is 0 Å². The first kappa shape index (κ1) is 18.4. The third-order valence-electron chi connectivity index (χ3n) is 5.12. The van der Waals surface area contributed by atoms with Crippen molar-refractivity contribution in [2.75, 3.05) is 13.7 Å². The van der Waals surface area contributed by atoms with E-state index in [0.717, 1.165) is 41.8 Å². The zero-order valence-electron chi connectivity index (χ0n) is 15.7. The minimum atomic E-state index is -0.294. The lowest BCUT2D eigenvalue weighted by Gasteiger charge is -2.16. The molecule has 1 aliphatic carbocycles. The van der Waals surface area contributed by atoms with Gasteiger partial charge in [0.15, 0.2) is 5.69 Å². The molecule has 1 atom stereocenters. The normalized spacial score (nSPS) is 13.9. The SMILES string of the molecule is COC(CNC(=O)c1nn(-c2ccc(F)cc2)c2c1CCC2)c1ccccc1. The van der Waals surface area contributed by atoms with Gasteiger partial charge in [0.2, 0.25) is 0 Å². The number of rotatable bonds is 6. The van der Waals surface area contributed by atoms with Gasteiger partial charge in [0, 0.05) is 24.9 Å². The summed E-state index contributed by atoms with van der Waals surface area (Å²) in [7, 11) is 1.63. The summed E-state index contributed by atoms with van der Waals surface area (Å²) in [5.41, 5.74) is 4.23. The van der Waals surface area contributed by atoms with Crippen LogP contribution in [-0.2, 0) is 17.6 Å². The maximum Gasteiger partial charge on any atom is 0.272 e. The Bertz CT molecular complexity index is 967. The van der Waals surface area contributed by atoms with Gasteiger partial charge in [0.25, 0.3) is 5.91 Å². The van der Waals surface area contributed by atoms with Crippen LogP contribution < -0.4 is 5.32 Å². The number of nitrogens with zero attached hydrogens (tertiary/aromatic N) is 2. The van der Waals surface area contributed by atoms with Crippen LogP contribution in [0, 0.1) is 5.82 Å². The third kappa shape index (κ3) is 3.55. The van der Waals surface area contributed by atoms with Gasteiger partial charge in [-0.05, 0) is 49.1 Å². The standard InChI is InChI=1S/C22H22FN3O2/c1-28-20(15-6-3-2-4-7-15)14-24-22(27)21-18-8-5-9-19(18)26(25-21)17-12-10-16(23)11-13-17/h2-4,6-7,10-13,20H,5,8-9,14H2,1H3,(H,24,27). The number of fused-ring (bicyclic) bond motifs is 1. The van der Waals surface area contributed by atoms with Gasteiger partial charge in [-0.3, -0.25) is 4.79 Å². The summed E-state index contributed by atoms with van der Waals surface area (Å²) in [5, 5.41) is 7.50. The van der Waals surface area contributed by atoms with E-state index in [1.165, 1.54) is 12.1 Å². The predicted molar refractivity (Wildman–Crippen MR) is 104 cm³/mol. The number of carbonyl (C=O) groups excluding carboxylic acids is 1. The lowest BCUT2D eigenvalue weighted by atomic mass is 10.1. The van der Waals surface area contributed by atoms with Crippen LogP contribution in [0.15, 0.2) is 54.6 Å². The van der Waals surface area contributed by atoms with E-state index in [-0.39, 0.29) is 17.8 Å². The number of benzene rings is 2. The van der Waals surface area contributed by atoms with Crippen molar-refractivity contribution < 1.29 is 13.9 Å². The summed E-state index contributed by atoms with van der Waals surface area (Å²) in [5.74, 6) is -0.506. The number of aromatic nitrogens is 2. The molecule has 0 saturated carbocycles. The van der Waals surface area contributed by atoms with E-state index in [1.54, 1.807) is 23.9 Å². The van der Waals surface area contributed by atoms with Crippen molar-refractivity contribution in [3.63, 3.8) is 0 Å². The minimum Gasteiger partial charge on any atom is -0.375 e. The van der Waals surface area contributed by atoms with Gasteiger partial charge in [0.1, 0.15) is 5.82 Å². The van der Waals surface area contributed by atoms with E-state index in [2.05, 4.69) is 10.4 Å². The maximum absolute atomic E-state index is 13.3. The fourth-order valence-corrected chi connectivity index (χ4v) is 3.69. The lowest BCUT2D eigenvalue weighted by molar-refractivity contribution is 0.0823. The van der Waals surface area contributed by atoms with Crippen molar-refractivity contribution in [2.24, 2.45) is 0 Å². The van der Waals surface area contributed by atoms with Crippen LogP contribution in [0.25, 0.3) is 5.69 Å². The first-order valence-electron chi connectivity index (χ1n) is 9.40. The second kappa shape index (κ2) is 7.94. The average Bonchev–Trinajstić information content (AvgIpc) is 3.33. The van der Waals surface area contributed by atoms with Gasteiger partial charge in [0.05, 0.1) is 11.8 Å². The van der Waals surface area contributed by atoms with Gasteiger partial charge in [-0.2, -0.15) is 5.10 Å². The first-order chi connectivity index (χ1) is 13.7. The Hall–Kier alpha value is -2.99. The molecule has 0 saturated heterocycles. The van der Waals surface area contributed by atoms with Crippen LogP contribution in [0.5, 0.6) is 0 Å². The molecule has 1 aromatic heterocycles. The molecular formula is C22H22FN3O2. The number of halogens is 1. The number of hydrogen-bond donors (Lipinski definition) is 1. The van der Waals surface area contributed by atoms with Crippen LogP contribution in [-0.4, -0.2) is 29.3 Å². The van der Waals surface area contributed by atoms with Gasteiger partial charge in [-0.25, -0.2) is 9.07 Å². The molecule has 1 unspecified atom stereocenters. The molecule has 1 amide bonds. The molecule has 0 spiro atoms. The summed E-state index contributed by atoms with van der Waals surface area (Å²) in [6.07, 6.45) is 2.44. The van der Waals surface area contributed by atoms with Crippen molar-refractivity contribution in [3.8, 4) is 5.69 Å². The van der Waals surface area contributed by atoms with Crippen molar-refractivity contribution in [1.82, 2.24) is 15.1 Å². The smallest absolute Gasteiger partial charge is 0.272 e. The van der Waals surface area contributed by atoms with Crippen LogP contribution in [0.4, 0.5) is 4.39 Å². The largest absolute Gasteiger partial charge is 0.375 e. The fraction of sp³-hybridized carbons (Fsp3) is 0.273. The van der Waals surface area contributed by atoms with E-state index < -0.39 is 0 Å². The van der Waals surface area contributed by atoms with Gasteiger partial charge >= 0.3 is 0 Å². The average molecular weight is 379 g/mol. The van der Waals surface area contributed by atoms with Gasteiger partial charge in [-0.1, -0.05) is 30.3 Å². The number of nitrogens with one attached hydrogen (secondary N) is 1. The summed E-state index contributed by atoms with van der Waals surface area (Å²) in [6.45, 7) is 0.359. The molecule has 144 valence electrons. The quantitative estimate of drug-likeness (QED) is 0.712. The maximum atomic E-state index is 13.3. The van der Waals surface area contributed by atoms with Gasteiger partial charge < -0.3 is 10.1 Å². The number of amides is 1. The molecular weight excluding hydrogens is 357 g/mol. The highest BCUT2D eigenvalue weighted by atomic mass is 19.1. The molecule has 1 heterocycles. The highest BCUT2D eigenvalue weighted by Gasteiger charge is 2.27. The lowest BCUT2D eigenvalue weighted by Crippen LogP contribution is -2.30. The predicted octanol–water partition coefficient (Wildman–Crippen LogP) is 3.62. The molecule has 5 nitrogen and oxygen atoms in total. The number of ether oxygens (including phenoxy) is 1. The number of carbonyl (C=O) groups is 1. The molecule has 0 bridgehead atoms. The molecule has 0 aliphatic heterocycles. The van der Waals surface area contributed by atoms with E-state index in [1.807, 2.05) is 30.3 Å². The Morgan fingerprint density at radius 3 is 2.64 bits per heavy atom. The zero-order valence-corrected chi connectivity index (χ0v) is 15.7. The Morgan fingerprint density at radius 2 is 1.93 bits per heavy atom. The summed E-state index contributed by atoms with van der Waals surface area (Å²) < 4.78 is 20.5. The fourth-order valence-electron chi connectivity index (χ4n) is 3.69. The highest BCUT2D eigenvalue weighted by molar-refractivity contribution is 5.94. The number of hydrogen-bond acceptors (Lipinski definition) is 3. The second-order valence-corrected chi connectivity index (χ2v) is 6.86. The molecule has 0 fully saturated rings. The summed E-state index contributed by atoms with van der Waals surface area (Å²) >= 11 is 0. The molecule has 1 N–H and O–H groups in total. The molecule has 28 heavy (non-hydrogen) atoms. The summed E-state index contributed by atoms with van der Waals surface area (Å²) in [4.78, 5) is 12.9. The van der Waals surface area contributed by atoms with Crippen LogP contribution in [0.1, 0.15) is 39.8 Å². The van der Waals surface area contributed by atoms with E-state index in [0.29, 0.717) is 12.2 Å². The van der Waals surface area contributed by atoms with E-state index in [4.69, 9.17) is 4.74 Å². The zero-order chi connectivity index (χ0) is 19.5. The Labute approximate surface area is 163 Å². The Morgan fingerprint density at radius 1 is 1.18 bits per heavy atom. The molecule has 0 radical (unpaired) electrons. The van der Waals surface area contributed by atoms with Crippen molar-refractivity contribution in [3.05, 3.63) is 82.9 Å². The second-order valence-electron chi connectivity index (χ2n) is 6.86. The number of methoxy groups -OCH3 is 1. The molecule has 4 rings (SSSR count). The van der Waals surface area contributed by atoms with Crippen LogP contribution >= 0.6 is 0 Å². The molecule has 1 aliphatic rings. The molecule has 2 aromatic carbocycles. The van der Waals surface area contributed by atoms with Crippen LogP contribution in [0.2, 0.25) is 0 Å². The van der Waals surface area contributed by atoms with Crippen molar-refractivity contribution in [2.45, 2.75) is 25.4 Å². The Kier molecular flexibility index (Phi) is 5.21. The van der Waals surface area contributed by atoms with Crippen LogP contribution in [0.3, 0.4) is 0 Å². The Balaban J connectivity index is 1.55. The first-order valence-corrected chi connectivity index (χ1v) is 9.40. The van der Waals surface area contributed by atoms with E-state index >= 15 is 0 Å². The highest BCUT2D eigenvalue weighted by Crippen LogP contribution is 2.28. The monoisotopic (exact) mass is 379 g/mol. The summed E-state index contributed by atoms with van der Waals surface area (Å²) in [6, 6.07) is 15.9. The topological polar surface area (TPSA) is 56.1 Å². The third-order valence-corrected chi connectivity index (χ3v) is 5.12. The molecule has 6 heteroatoms. The molecule has 3 aromatic rings. The van der Waals surface area contributed by atoms with Crippen molar-refractivity contribution >= 4 is 5.91 Å². The van der Waals surface area contributed by atoms with Gasteiger partial charge in [-0.15, -0.1) is 0 Å². The minimum absolute atomic E-state index is 0.211. The van der Waals surface area contributed by atoms with E-state index in [9.17, 15) is 9.18 Å².